The Kier molecular flexibility index (Phi) is 19.0. The maximum absolute atomic E-state index is 2.42. The molecule has 0 aromatic rings. The summed E-state index contributed by atoms with van der Waals surface area (Å²) >= 11 is 0. The van der Waals surface area contributed by atoms with Gasteiger partial charge in [-0.25, -0.2) is 0 Å². The van der Waals surface area contributed by atoms with Crippen molar-refractivity contribution in [1.82, 2.24) is 0 Å². The van der Waals surface area contributed by atoms with Crippen molar-refractivity contribution in [3.63, 3.8) is 0 Å². The molecule has 0 aliphatic heterocycles. The highest BCUT2D eigenvalue weighted by Gasteiger charge is 2.13. The van der Waals surface area contributed by atoms with Gasteiger partial charge in [-0.05, 0) is 25.7 Å². The van der Waals surface area contributed by atoms with E-state index in [0.717, 1.165) is 0 Å². The Labute approximate surface area is 146 Å². The van der Waals surface area contributed by atoms with Crippen LogP contribution in [0.4, 0.5) is 0 Å². The molecule has 0 saturated heterocycles. The van der Waals surface area contributed by atoms with E-state index < -0.39 is 0 Å². The Bertz CT molecular complexity index is 192. The van der Waals surface area contributed by atoms with Gasteiger partial charge in [-0.2, -0.15) is 0 Å². The third-order valence-electron chi connectivity index (χ3n) is 4.48. The zero-order valence-electron chi connectivity index (χ0n) is 15.4. The lowest BCUT2D eigenvalue weighted by molar-refractivity contribution is -0.890. The van der Waals surface area contributed by atoms with E-state index in [4.69, 9.17) is 0 Å². The lowest BCUT2D eigenvalue weighted by Gasteiger charge is -2.30. The van der Waals surface area contributed by atoms with Crippen LogP contribution < -0.4 is 17.0 Å². The van der Waals surface area contributed by atoms with E-state index in [1.807, 2.05) is 0 Å². The number of nitrogens with zero attached hydrogens (tertiary/aromatic N) is 1. The molecule has 0 fully saturated rings. The SMILES string of the molecule is CCCCCCCCCC[N+](C)(C)CCCCCCC.[Br-]. The first-order chi connectivity index (χ1) is 9.62. The van der Waals surface area contributed by atoms with Crippen LogP contribution >= 0.6 is 0 Å². The molecule has 0 rings (SSSR count). The second kappa shape index (κ2) is 16.8. The van der Waals surface area contributed by atoms with Crippen molar-refractivity contribution in [2.45, 2.75) is 97.3 Å². The number of halogens is 1. The second-order valence-electron chi connectivity index (χ2n) is 7.27. The third kappa shape index (κ3) is 18.4. The van der Waals surface area contributed by atoms with Gasteiger partial charge in [-0.15, -0.1) is 0 Å². The zero-order chi connectivity index (χ0) is 15.1. The molecular formula is C19H42BrN. The molecule has 0 aromatic carbocycles. The number of quaternary nitrogens is 1. The third-order valence-corrected chi connectivity index (χ3v) is 4.48. The summed E-state index contributed by atoms with van der Waals surface area (Å²) in [5.74, 6) is 0. The minimum Gasteiger partial charge on any atom is -1.00 e. The molecule has 2 heteroatoms. The lowest BCUT2D eigenvalue weighted by Crippen LogP contribution is -3.00. The fourth-order valence-electron chi connectivity index (χ4n) is 2.93. The van der Waals surface area contributed by atoms with Gasteiger partial charge in [0.25, 0.3) is 0 Å². The van der Waals surface area contributed by atoms with Crippen molar-refractivity contribution in [1.29, 1.82) is 0 Å². The van der Waals surface area contributed by atoms with Gasteiger partial charge in [0.15, 0.2) is 0 Å². The maximum Gasteiger partial charge on any atom is 0.0782 e. The Morgan fingerprint density at radius 2 is 0.762 bits per heavy atom. The zero-order valence-corrected chi connectivity index (χ0v) is 17.0. The molecule has 21 heavy (non-hydrogen) atoms. The van der Waals surface area contributed by atoms with Gasteiger partial charge in [0.1, 0.15) is 0 Å². The molecule has 0 bridgehead atoms. The topological polar surface area (TPSA) is 0 Å². The quantitative estimate of drug-likeness (QED) is 0.309. The maximum atomic E-state index is 2.42. The van der Waals surface area contributed by atoms with Gasteiger partial charge in [0.05, 0.1) is 27.2 Å². The molecule has 130 valence electrons. The smallest absolute Gasteiger partial charge is 0.0782 e. The van der Waals surface area contributed by atoms with Crippen molar-refractivity contribution in [3.05, 3.63) is 0 Å². The molecule has 0 aliphatic carbocycles. The molecule has 0 spiro atoms. The summed E-state index contributed by atoms with van der Waals surface area (Å²) in [6.45, 7) is 7.34. The molecule has 0 unspecified atom stereocenters. The highest BCUT2D eigenvalue weighted by atomic mass is 79.9. The minimum absolute atomic E-state index is 0. The molecule has 1 nitrogen and oxygen atoms in total. The predicted molar refractivity (Wildman–Crippen MR) is 93.2 cm³/mol. The first-order valence-corrected chi connectivity index (χ1v) is 9.44. The lowest BCUT2D eigenvalue weighted by atomic mass is 10.1. The van der Waals surface area contributed by atoms with Crippen LogP contribution in [0.2, 0.25) is 0 Å². The Morgan fingerprint density at radius 3 is 1.10 bits per heavy atom. The van der Waals surface area contributed by atoms with Crippen LogP contribution in [-0.4, -0.2) is 31.7 Å². The van der Waals surface area contributed by atoms with Crippen LogP contribution in [0, 0.1) is 0 Å². The van der Waals surface area contributed by atoms with Gasteiger partial charge in [-0.1, -0.05) is 71.6 Å². The van der Waals surface area contributed by atoms with E-state index in [1.54, 1.807) is 0 Å². The van der Waals surface area contributed by atoms with Crippen molar-refractivity contribution in [3.8, 4) is 0 Å². The van der Waals surface area contributed by atoms with Crippen LogP contribution in [0.1, 0.15) is 97.3 Å². The molecule has 0 N–H and O–H groups in total. The van der Waals surface area contributed by atoms with Crippen LogP contribution in [0.5, 0.6) is 0 Å². The van der Waals surface area contributed by atoms with Gasteiger partial charge in [0.2, 0.25) is 0 Å². The summed E-state index contributed by atoms with van der Waals surface area (Å²) in [4.78, 5) is 0. The Balaban J connectivity index is 0. The summed E-state index contributed by atoms with van der Waals surface area (Å²) in [5.41, 5.74) is 0. The monoisotopic (exact) mass is 363 g/mol. The molecular weight excluding hydrogens is 322 g/mol. The van der Waals surface area contributed by atoms with Crippen LogP contribution in [0.15, 0.2) is 0 Å². The number of hydrogen-bond donors (Lipinski definition) is 0. The Hall–Kier alpha value is 0.440. The van der Waals surface area contributed by atoms with E-state index >= 15 is 0 Å². The van der Waals surface area contributed by atoms with Crippen LogP contribution in [0.25, 0.3) is 0 Å². The normalized spacial score (nSPS) is 11.4. The van der Waals surface area contributed by atoms with Crippen molar-refractivity contribution in [2.75, 3.05) is 27.2 Å². The van der Waals surface area contributed by atoms with Gasteiger partial charge >= 0.3 is 0 Å². The minimum atomic E-state index is 0. The second-order valence-corrected chi connectivity index (χ2v) is 7.27. The van der Waals surface area contributed by atoms with Crippen molar-refractivity contribution in [2.24, 2.45) is 0 Å². The van der Waals surface area contributed by atoms with Gasteiger partial charge < -0.3 is 21.5 Å². The van der Waals surface area contributed by atoms with E-state index in [-0.39, 0.29) is 17.0 Å². The first-order valence-electron chi connectivity index (χ1n) is 9.44. The molecule has 0 atom stereocenters. The standard InChI is InChI=1S/C19H42N.BrH/c1-5-7-9-11-12-13-15-17-19-20(3,4)18-16-14-10-8-6-2;/h5-19H2,1-4H3;1H/q+1;/p-1. The number of rotatable bonds is 15. The van der Waals surface area contributed by atoms with Crippen molar-refractivity contribution >= 4 is 0 Å². The van der Waals surface area contributed by atoms with E-state index in [9.17, 15) is 0 Å². The Morgan fingerprint density at radius 1 is 0.476 bits per heavy atom. The molecule has 0 heterocycles. The van der Waals surface area contributed by atoms with Gasteiger partial charge in [-0.3, -0.25) is 0 Å². The molecule has 0 aliphatic rings. The largest absolute Gasteiger partial charge is 1.00 e. The summed E-state index contributed by atoms with van der Waals surface area (Å²) in [6, 6.07) is 0. The van der Waals surface area contributed by atoms with Gasteiger partial charge in [0, 0.05) is 0 Å². The molecule has 0 aromatic heterocycles. The van der Waals surface area contributed by atoms with Crippen LogP contribution in [0.3, 0.4) is 0 Å². The summed E-state index contributed by atoms with van der Waals surface area (Å²) in [7, 11) is 4.84. The number of hydrogen-bond acceptors (Lipinski definition) is 0. The summed E-state index contributed by atoms with van der Waals surface area (Å²) in [5, 5.41) is 0. The van der Waals surface area contributed by atoms with Crippen LogP contribution in [-0.2, 0) is 0 Å². The average Bonchev–Trinajstić information content (AvgIpc) is 2.41. The summed E-state index contributed by atoms with van der Waals surface area (Å²) in [6.07, 6.45) is 18.6. The molecule has 0 radical (unpaired) electrons. The highest BCUT2D eigenvalue weighted by Crippen LogP contribution is 2.11. The molecule has 0 saturated carbocycles. The van der Waals surface area contributed by atoms with E-state index in [0.29, 0.717) is 0 Å². The summed E-state index contributed by atoms with van der Waals surface area (Å²) < 4.78 is 1.24. The molecule has 0 amide bonds. The first kappa shape index (κ1) is 23.7. The number of unbranched alkanes of at least 4 members (excludes halogenated alkanes) is 11. The highest BCUT2D eigenvalue weighted by molar-refractivity contribution is 4.47. The fourth-order valence-corrected chi connectivity index (χ4v) is 2.93. The predicted octanol–water partition coefficient (Wildman–Crippen LogP) is 3.18. The fraction of sp³-hybridized carbons (Fsp3) is 1.00. The van der Waals surface area contributed by atoms with E-state index in [1.165, 1.54) is 101 Å². The van der Waals surface area contributed by atoms with Crippen molar-refractivity contribution < 1.29 is 21.5 Å². The van der Waals surface area contributed by atoms with E-state index in [2.05, 4.69) is 27.9 Å². The average molecular weight is 364 g/mol.